The maximum Gasteiger partial charge on any atom is 0.272 e. The molecule has 0 radical (unpaired) electrons. The Morgan fingerprint density at radius 2 is 2.07 bits per heavy atom. The van der Waals surface area contributed by atoms with Crippen LogP contribution in [0.5, 0.6) is 0 Å². The first kappa shape index (κ1) is 19.4. The standard InChI is InChI=1S/C20H28N4O3/c1-4-20(9-12-27-13-10-20)19(26)22-15(2)14-23(3)18(25)17-8-7-16-6-5-11-21-24(16)17/h5-8,11,15H,4,9-10,12-14H2,1-3H3,(H,22,26). The predicted octanol–water partition coefficient (Wildman–Crippen LogP) is 2.12. The molecule has 7 nitrogen and oxygen atoms in total. The van der Waals surface area contributed by atoms with Crippen molar-refractivity contribution < 1.29 is 14.3 Å². The first-order chi connectivity index (χ1) is 13.0. The molecular formula is C20H28N4O3. The molecule has 1 unspecified atom stereocenters. The SMILES string of the molecule is CCC1(C(=O)NC(C)CN(C)C(=O)c2ccc3cccnn23)CCOCC1. The Bertz CT molecular complexity index is 810. The van der Waals surface area contributed by atoms with Gasteiger partial charge in [0.2, 0.25) is 5.91 Å². The van der Waals surface area contributed by atoms with Gasteiger partial charge in [-0.1, -0.05) is 6.92 Å². The summed E-state index contributed by atoms with van der Waals surface area (Å²) in [4.78, 5) is 27.3. The summed E-state index contributed by atoms with van der Waals surface area (Å²) in [7, 11) is 1.75. The van der Waals surface area contributed by atoms with Crippen LogP contribution in [0.25, 0.3) is 5.52 Å². The first-order valence-electron chi connectivity index (χ1n) is 9.54. The Labute approximate surface area is 159 Å². The van der Waals surface area contributed by atoms with E-state index in [-0.39, 0.29) is 23.3 Å². The number of nitrogens with zero attached hydrogens (tertiary/aromatic N) is 3. The van der Waals surface area contributed by atoms with Crippen molar-refractivity contribution in [2.45, 2.75) is 39.2 Å². The minimum atomic E-state index is -0.350. The molecule has 27 heavy (non-hydrogen) atoms. The molecule has 2 aromatic rings. The van der Waals surface area contributed by atoms with Crippen molar-refractivity contribution in [3.05, 3.63) is 36.2 Å². The number of hydrogen-bond donors (Lipinski definition) is 1. The second kappa shape index (κ2) is 8.08. The molecule has 146 valence electrons. The maximum atomic E-state index is 12.8. The van der Waals surface area contributed by atoms with Gasteiger partial charge in [-0.15, -0.1) is 0 Å². The van der Waals surface area contributed by atoms with Crippen LogP contribution in [0, 0.1) is 5.41 Å². The van der Waals surface area contributed by atoms with Crippen LogP contribution in [0.4, 0.5) is 0 Å². The van der Waals surface area contributed by atoms with Gasteiger partial charge in [-0.2, -0.15) is 5.10 Å². The second-order valence-electron chi connectivity index (χ2n) is 7.39. The van der Waals surface area contributed by atoms with Crippen molar-refractivity contribution in [2.75, 3.05) is 26.8 Å². The molecule has 1 aliphatic rings. The molecule has 1 aliphatic heterocycles. The van der Waals surface area contributed by atoms with E-state index in [2.05, 4.69) is 17.3 Å². The smallest absolute Gasteiger partial charge is 0.272 e. The van der Waals surface area contributed by atoms with Gasteiger partial charge in [0.1, 0.15) is 5.69 Å². The number of carbonyl (C=O) groups is 2. The lowest BCUT2D eigenvalue weighted by molar-refractivity contribution is -0.137. The van der Waals surface area contributed by atoms with E-state index in [4.69, 9.17) is 4.74 Å². The van der Waals surface area contributed by atoms with Crippen LogP contribution < -0.4 is 5.32 Å². The molecule has 0 spiro atoms. The number of fused-ring (bicyclic) bond motifs is 1. The number of nitrogens with one attached hydrogen (secondary N) is 1. The zero-order valence-electron chi connectivity index (χ0n) is 16.3. The van der Waals surface area contributed by atoms with Crippen LogP contribution in [0.1, 0.15) is 43.6 Å². The highest BCUT2D eigenvalue weighted by atomic mass is 16.5. The monoisotopic (exact) mass is 372 g/mol. The molecule has 1 saturated heterocycles. The molecule has 0 saturated carbocycles. The summed E-state index contributed by atoms with van der Waals surface area (Å²) in [5.41, 5.74) is 1.04. The highest BCUT2D eigenvalue weighted by molar-refractivity contribution is 5.93. The molecular weight excluding hydrogens is 344 g/mol. The van der Waals surface area contributed by atoms with E-state index in [1.165, 1.54) is 0 Å². The number of likely N-dealkylation sites (N-methyl/N-ethyl adjacent to an activating group) is 1. The summed E-state index contributed by atoms with van der Waals surface area (Å²) in [6.45, 7) is 5.67. The molecule has 1 atom stereocenters. The average Bonchev–Trinajstić information content (AvgIpc) is 3.11. The summed E-state index contributed by atoms with van der Waals surface area (Å²) in [5, 5.41) is 7.34. The fourth-order valence-electron chi connectivity index (χ4n) is 3.72. The minimum absolute atomic E-state index is 0.0662. The number of hydrogen-bond acceptors (Lipinski definition) is 4. The first-order valence-corrected chi connectivity index (χ1v) is 9.54. The van der Waals surface area contributed by atoms with Crippen LogP contribution in [0.15, 0.2) is 30.5 Å². The molecule has 7 heteroatoms. The van der Waals surface area contributed by atoms with E-state index in [9.17, 15) is 9.59 Å². The zero-order chi connectivity index (χ0) is 19.4. The van der Waals surface area contributed by atoms with E-state index in [0.717, 1.165) is 24.8 Å². The molecule has 3 rings (SSSR count). The predicted molar refractivity (Wildman–Crippen MR) is 103 cm³/mol. The fourth-order valence-corrected chi connectivity index (χ4v) is 3.72. The molecule has 1 fully saturated rings. The Kier molecular flexibility index (Phi) is 5.79. The Balaban J connectivity index is 1.62. The number of ether oxygens (including phenoxy) is 1. The summed E-state index contributed by atoms with van der Waals surface area (Å²) in [5.74, 6) is -0.0532. The molecule has 3 heterocycles. The van der Waals surface area contributed by atoms with Crippen molar-refractivity contribution >= 4 is 17.3 Å². The lowest BCUT2D eigenvalue weighted by Crippen LogP contribution is -2.50. The number of rotatable bonds is 6. The highest BCUT2D eigenvalue weighted by Gasteiger charge is 2.38. The van der Waals surface area contributed by atoms with Crippen molar-refractivity contribution in [3.8, 4) is 0 Å². The molecule has 0 aromatic carbocycles. The van der Waals surface area contributed by atoms with Gasteiger partial charge in [-0.05, 0) is 50.5 Å². The average molecular weight is 372 g/mol. The molecule has 2 aromatic heterocycles. The van der Waals surface area contributed by atoms with Gasteiger partial charge in [0.15, 0.2) is 0 Å². The summed E-state index contributed by atoms with van der Waals surface area (Å²) < 4.78 is 7.05. The van der Waals surface area contributed by atoms with Gasteiger partial charge >= 0.3 is 0 Å². The van der Waals surface area contributed by atoms with E-state index in [1.54, 1.807) is 28.7 Å². The summed E-state index contributed by atoms with van der Waals surface area (Å²) in [6.07, 6.45) is 3.95. The lowest BCUT2D eigenvalue weighted by atomic mass is 9.77. The van der Waals surface area contributed by atoms with E-state index < -0.39 is 0 Å². The molecule has 1 N–H and O–H groups in total. The van der Waals surface area contributed by atoms with E-state index >= 15 is 0 Å². The number of carbonyl (C=O) groups excluding carboxylic acids is 2. The zero-order valence-corrected chi connectivity index (χ0v) is 16.3. The second-order valence-corrected chi connectivity index (χ2v) is 7.39. The number of aromatic nitrogens is 2. The Hall–Kier alpha value is -2.41. The van der Waals surface area contributed by atoms with Crippen molar-refractivity contribution in [3.63, 3.8) is 0 Å². The van der Waals surface area contributed by atoms with Crippen LogP contribution in [-0.2, 0) is 9.53 Å². The molecule has 0 aliphatic carbocycles. The maximum absolute atomic E-state index is 12.8. The van der Waals surface area contributed by atoms with Crippen molar-refractivity contribution in [1.29, 1.82) is 0 Å². The third-order valence-corrected chi connectivity index (χ3v) is 5.52. The van der Waals surface area contributed by atoms with Gasteiger partial charge in [0.05, 0.1) is 10.9 Å². The topological polar surface area (TPSA) is 75.9 Å². The van der Waals surface area contributed by atoms with E-state index in [1.807, 2.05) is 25.1 Å². The lowest BCUT2D eigenvalue weighted by Gasteiger charge is -2.36. The third-order valence-electron chi connectivity index (χ3n) is 5.52. The fraction of sp³-hybridized carbons (Fsp3) is 0.550. The van der Waals surface area contributed by atoms with Crippen LogP contribution in [0.2, 0.25) is 0 Å². The number of amides is 2. The highest BCUT2D eigenvalue weighted by Crippen LogP contribution is 2.34. The molecule has 2 amide bonds. The van der Waals surface area contributed by atoms with Gasteiger partial charge in [0, 0.05) is 39.0 Å². The van der Waals surface area contributed by atoms with Crippen LogP contribution >= 0.6 is 0 Å². The van der Waals surface area contributed by atoms with Crippen LogP contribution in [0.3, 0.4) is 0 Å². The summed E-state index contributed by atoms with van der Waals surface area (Å²) >= 11 is 0. The van der Waals surface area contributed by atoms with Crippen molar-refractivity contribution in [2.24, 2.45) is 5.41 Å². The van der Waals surface area contributed by atoms with Gasteiger partial charge in [-0.3, -0.25) is 9.59 Å². The summed E-state index contributed by atoms with van der Waals surface area (Å²) in [6, 6.07) is 7.25. The Morgan fingerprint density at radius 1 is 1.33 bits per heavy atom. The normalized spacial score (nSPS) is 17.4. The van der Waals surface area contributed by atoms with Crippen LogP contribution in [-0.4, -0.2) is 59.2 Å². The van der Waals surface area contributed by atoms with Gasteiger partial charge in [-0.25, -0.2) is 4.52 Å². The van der Waals surface area contributed by atoms with E-state index in [0.29, 0.717) is 25.5 Å². The quantitative estimate of drug-likeness (QED) is 0.843. The minimum Gasteiger partial charge on any atom is -0.381 e. The largest absolute Gasteiger partial charge is 0.381 e. The Morgan fingerprint density at radius 3 is 2.78 bits per heavy atom. The third kappa shape index (κ3) is 3.98. The molecule has 0 bridgehead atoms. The van der Waals surface area contributed by atoms with Gasteiger partial charge < -0.3 is 15.0 Å². The van der Waals surface area contributed by atoms with Crippen molar-refractivity contribution in [1.82, 2.24) is 19.8 Å². The van der Waals surface area contributed by atoms with Gasteiger partial charge in [0.25, 0.3) is 5.91 Å².